The van der Waals surface area contributed by atoms with Crippen LogP contribution >= 0.6 is 24.8 Å². The molecule has 5 rings (SSSR count). The lowest BCUT2D eigenvalue weighted by Gasteiger charge is -2.32. The van der Waals surface area contributed by atoms with Gasteiger partial charge in [-0.05, 0) is 81.0 Å². The number of benzene rings is 2. The van der Waals surface area contributed by atoms with Crippen LogP contribution in [0, 0.1) is 22.7 Å². The van der Waals surface area contributed by atoms with Crippen molar-refractivity contribution < 1.29 is 24.2 Å². The molecule has 1 saturated carbocycles. The molecule has 1 saturated heterocycles. The van der Waals surface area contributed by atoms with Gasteiger partial charge in [0.05, 0.1) is 29.1 Å². The minimum atomic E-state index is -0.747. The van der Waals surface area contributed by atoms with Crippen molar-refractivity contribution in [2.75, 3.05) is 26.2 Å². The minimum Gasteiger partial charge on any atom is -0.491 e. The molecule has 0 bridgehead atoms. The molecular formula is C32H43Cl2N7O5. The first-order valence-corrected chi connectivity index (χ1v) is 15.2. The molecule has 14 heteroatoms. The van der Waals surface area contributed by atoms with Crippen LogP contribution in [0.5, 0.6) is 11.5 Å². The van der Waals surface area contributed by atoms with E-state index in [-0.39, 0.29) is 61.1 Å². The molecule has 1 aliphatic carbocycles. The predicted molar refractivity (Wildman–Crippen MR) is 181 cm³/mol. The molecule has 12 nitrogen and oxygen atoms in total. The van der Waals surface area contributed by atoms with E-state index >= 15 is 0 Å². The van der Waals surface area contributed by atoms with Crippen LogP contribution in [-0.2, 0) is 9.59 Å². The standard InChI is InChI=1S/C32H41N7O5.2ClH/c1-20(33)38-14-12-26(13-15-38)44-25-9-7-24(8-10-25)43-18-29(31(40)36-17-21-2-4-22(5-3-21)32(41)42)39-19-37-27-16-23(30(34)35)6-11-28(27)39;;/h6-11,16,19,21-22,26,29,33H,2-5,12-15,17-18H2,1H3,(H3,34,35)(H,36,40)(H,41,42);2*1H. The lowest BCUT2D eigenvalue weighted by atomic mass is 9.82. The second-order valence-corrected chi connectivity index (χ2v) is 11.8. The van der Waals surface area contributed by atoms with Gasteiger partial charge >= 0.3 is 5.97 Å². The summed E-state index contributed by atoms with van der Waals surface area (Å²) in [5.74, 6) is 0.830. The summed E-state index contributed by atoms with van der Waals surface area (Å²) in [6.45, 7) is 3.95. The second-order valence-electron chi connectivity index (χ2n) is 11.8. The van der Waals surface area contributed by atoms with Crippen molar-refractivity contribution in [3.63, 3.8) is 0 Å². The quantitative estimate of drug-likeness (QED) is 0.144. The van der Waals surface area contributed by atoms with Gasteiger partial charge in [-0.15, -0.1) is 24.8 Å². The van der Waals surface area contributed by atoms with E-state index in [1.165, 1.54) is 0 Å². The number of rotatable bonds is 11. The van der Waals surface area contributed by atoms with E-state index in [0.717, 1.165) is 44.5 Å². The highest BCUT2D eigenvalue weighted by molar-refractivity contribution is 5.98. The largest absolute Gasteiger partial charge is 0.491 e. The number of carboxylic acids is 1. The average Bonchev–Trinajstić information content (AvgIpc) is 3.44. The Balaban J connectivity index is 0.00000288. The van der Waals surface area contributed by atoms with Crippen LogP contribution in [0.15, 0.2) is 48.8 Å². The maximum Gasteiger partial charge on any atom is 0.306 e. The number of imidazole rings is 1. The Labute approximate surface area is 280 Å². The fraction of sp³-hybridized carbons (Fsp3) is 0.469. The number of aromatic nitrogens is 2. The van der Waals surface area contributed by atoms with Gasteiger partial charge in [0.2, 0.25) is 5.91 Å². The molecule has 46 heavy (non-hydrogen) atoms. The smallest absolute Gasteiger partial charge is 0.306 e. The highest BCUT2D eigenvalue weighted by atomic mass is 35.5. The molecule has 6 N–H and O–H groups in total. The third-order valence-electron chi connectivity index (χ3n) is 8.74. The number of likely N-dealkylation sites (tertiary alicyclic amines) is 1. The maximum atomic E-state index is 13.6. The average molecular weight is 677 g/mol. The van der Waals surface area contributed by atoms with Gasteiger partial charge in [-0.25, -0.2) is 4.98 Å². The fourth-order valence-corrected chi connectivity index (χ4v) is 6.00. The van der Waals surface area contributed by atoms with Crippen LogP contribution in [0.2, 0.25) is 0 Å². The van der Waals surface area contributed by atoms with E-state index in [2.05, 4.69) is 15.2 Å². The molecule has 2 fully saturated rings. The number of nitrogens with zero attached hydrogens (tertiary/aromatic N) is 3. The normalized spacial score (nSPS) is 18.8. The number of carboxylic acid groups (broad SMARTS) is 1. The molecule has 0 radical (unpaired) electrons. The Kier molecular flexibility index (Phi) is 13.1. The summed E-state index contributed by atoms with van der Waals surface area (Å²) >= 11 is 0. The molecule has 250 valence electrons. The zero-order chi connectivity index (χ0) is 31.2. The van der Waals surface area contributed by atoms with Gasteiger partial charge in [0.15, 0.2) is 0 Å². The first-order valence-electron chi connectivity index (χ1n) is 15.2. The Bertz CT molecular complexity index is 1500. The van der Waals surface area contributed by atoms with Crippen LogP contribution in [0.3, 0.4) is 0 Å². The Morgan fingerprint density at radius 1 is 1.02 bits per heavy atom. The van der Waals surface area contributed by atoms with Crippen LogP contribution in [0.4, 0.5) is 0 Å². The zero-order valence-electron chi connectivity index (χ0n) is 25.8. The number of hydrogen-bond acceptors (Lipinski definition) is 7. The molecular weight excluding hydrogens is 633 g/mol. The number of amides is 1. The van der Waals surface area contributed by atoms with Crippen molar-refractivity contribution in [3.05, 3.63) is 54.4 Å². The molecule has 1 atom stereocenters. The van der Waals surface area contributed by atoms with E-state index < -0.39 is 12.0 Å². The van der Waals surface area contributed by atoms with Crippen molar-refractivity contribution >= 4 is 59.4 Å². The molecule has 2 aromatic carbocycles. The van der Waals surface area contributed by atoms with Gasteiger partial charge in [-0.3, -0.25) is 20.4 Å². The summed E-state index contributed by atoms with van der Waals surface area (Å²) in [5, 5.41) is 27.9. The molecule has 1 aliphatic heterocycles. The SMILES string of the molecule is CC(=N)N1CCC(Oc2ccc(OCC(C(=O)NCC3CCC(C(=O)O)CC3)n3cnc4cc(C(=N)N)ccc43)cc2)CC1.Cl.Cl. The van der Waals surface area contributed by atoms with Crippen LogP contribution in [-0.4, -0.2) is 75.5 Å². The van der Waals surface area contributed by atoms with Gasteiger partial charge in [0.1, 0.15) is 36.1 Å². The number of carbonyl (C=O) groups excluding carboxylic acids is 1. The molecule has 2 heterocycles. The number of ether oxygens (including phenoxy) is 2. The number of amidine groups is 2. The van der Waals surface area contributed by atoms with Gasteiger partial charge in [0, 0.05) is 38.0 Å². The zero-order valence-corrected chi connectivity index (χ0v) is 27.4. The topological polar surface area (TPSA) is 180 Å². The molecule has 0 spiro atoms. The van der Waals surface area contributed by atoms with E-state index in [1.54, 1.807) is 29.1 Å². The summed E-state index contributed by atoms with van der Waals surface area (Å²) in [7, 11) is 0. The number of hydrogen-bond donors (Lipinski definition) is 5. The van der Waals surface area contributed by atoms with Crippen molar-refractivity contribution in [2.45, 2.75) is 57.6 Å². The fourth-order valence-electron chi connectivity index (χ4n) is 6.00. The highest BCUT2D eigenvalue weighted by Crippen LogP contribution is 2.29. The van der Waals surface area contributed by atoms with E-state index in [0.29, 0.717) is 47.6 Å². The number of aliphatic carboxylic acids is 1. The van der Waals surface area contributed by atoms with Crippen LogP contribution in [0.1, 0.15) is 57.1 Å². The van der Waals surface area contributed by atoms with Gasteiger partial charge < -0.3 is 35.1 Å². The monoisotopic (exact) mass is 675 g/mol. The Hall–Kier alpha value is -4.03. The van der Waals surface area contributed by atoms with E-state index in [4.69, 9.17) is 26.0 Å². The minimum absolute atomic E-state index is 0. The third kappa shape index (κ3) is 9.03. The summed E-state index contributed by atoms with van der Waals surface area (Å²) < 4.78 is 14.1. The second kappa shape index (κ2) is 16.5. The summed E-state index contributed by atoms with van der Waals surface area (Å²) in [4.78, 5) is 31.4. The Morgan fingerprint density at radius 3 is 2.28 bits per heavy atom. The van der Waals surface area contributed by atoms with Crippen molar-refractivity contribution in [3.8, 4) is 11.5 Å². The van der Waals surface area contributed by atoms with E-state index in [1.807, 2.05) is 31.2 Å². The number of halogens is 2. The van der Waals surface area contributed by atoms with Crippen molar-refractivity contribution in [1.29, 1.82) is 10.8 Å². The molecule has 1 unspecified atom stereocenters. The molecule has 2 aliphatic rings. The molecule has 3 aromatic rings. The maximum absolute atomic E-state index is 13.6. The summed E-state index contributed by atoms with van der Waals surface area (Å²) in [5.41, 5.74) is 7.54. The van der Waals surface area contributed by atoms with Gasteiger partial charge in [0.25, 0.3) is 0 Å². The van der Waals surface area contributed by atoms with Gasteiger partial charge in [-0.1, -0.05) is 0 Å². The lowest BCUT2D eigenvalue weighted by Crippen LogP contribution is -2.40. The van der Waals surface area contributed by atoms with Gasteiger partial charge in [-0.2, -0.15) is 0 Å². The first kappa shape index (κ1) is 36.4. The third-order valence-corrected chi connectivity index (χ3v) is 8.74. The number of piperidine rings is 1. The highest BCUT2D eigenvalue weighted by Gasteiger charge is 2.28. The predicted octanol–water partition coefficient (Wildman–Crippen LogP) is 4.63. The number of fused-ring (bicyclic) bond motifs is 1. The number of nitrogen functional groups attached to an aromatic ring is 1. The molecule has 1 aromatic heterocycles. The van der Waals surface area contributed by atoms with Crippen molar-refractivity contribution in [1.82, 2.24) is 19.8 Å². The van der Waals surface area contributed by atoms with E-state index in [9.17, 15) is 14.7 Å². The summed E-state index contributed by atoms with van der Waals surface area (Å²) in [6, 6.07) is 11.9. The lowest BCUT2D eigenvalue weighted by molar-refractivity contribution is -0.143. The Morgan fingerprint density at radius 2 is 1.67 bits per heavy atom. The number of nitrogens with two attached hydrogens (primary N) is 1. The van der Waals surface area contributed by atoms with Crippen molar-refractivity contribution in [2.24, 2.45) is 17.6 Å². The summed E-state index contributed by atoms with van der Waals surface area (Å²) in [6.07, 6.45) is 6.18. The first-order chi connectivity index (χ1) is 21.2. The van der Waals surface area contributed by atoms with Crippen LogP contribution in [0.25, 0.3) is 11.0 Å². The van der Waals surface area contributed by atoms with Crippen LogP contribution < -0.4 is 20.5 Å². The number of nitrogens with one attached hydrogen (secondary N) is 3. The number of carbonyl (C=O) groups is 2. The molecule has 1 amide bonds.